The fourth-order valence-electron chi connectivity index (χ4n) is 3.35. The van der Waals surface area contributed by atoms with Gasteiger partial charge in [-0.1, -0.05) is 39.3 Å². The molecule has 1 aromatic rings. The highest BCUT2D eigenvalue weighted by Gasteiger charge is 2.30. The Balaban J connectivity index is 2.41. The first-order valence-electron chi connectivity index (χ1n) is 7.91. The maximum Gasteiger partial charge on any atom is 0.0875 e. The van der Waals surface area contributed by atoms with E-state index in [1.54, 1.807) is 0 Å². The Morgan fingerprint density at radius 2 is 1.95 bits per heavy atom. The molecule has 1 N–H and O–H groups in total. The minimum Gasteiger partial charge on any atom is -0.378 e. The maximum atomic E-state index is 6.14. The Hall–Kier alpha value is -1.02. The number of hydrogen-bond acceptors (Lipinski definition) is 2. The lowest BCUT2D eigenvalue weighted by molar-refractivity contribution is 0.408. The average Bonchev–Trinajstić information content (AvgIpc) is 2.42. The number of benzene rings is 1. The van der Waals surface area contributed by atoms with Crippen molar-refractivity contribution >= 4 is 28.7 Å². The van der Waals surface area contributed by atoms with Crippen molar-refractivity contribution in [3.63, 3.8) is 0 Å². The molecule has 0 radical (unpaired) electrons. The van der Waals surface area contributed by atoms with Crippen LogP contribution in [0.3, 0.4) is 0 Å². The van der Waals surface area contributed by atoms with Crippen LogP contribution < -0.4 is 5.32 Å². The van der Waals surface area contributed by atoms with Crippen molar-refractivity contribution in [2.75, 3.05) is 5.32 Å². The zero-order chi connectivity index (χ0) is 15.6. The lowest BCUT2D eigenvalue weighted by Gasteiger charge is -2.33. The topological polar surface area (TPSA) is 24.4 Å². The van der Waals surface area contributed by atoms with Gasteiger partial charge in [0.25, 0.3) is 0 Å². The minimum absolute atomic E-state index is 0.0565. The van der Waals surface area contributed by atoms with E-state index in [0.717, 1.165) is 35.7 Å². The van der Waals surface area contributed by atoms with Gasteiger partial charge in [-0.2, -0.15) is 0 Å². The van der Waals surface area contributed by atoms with Crippen LogP contribution in [0.2, 0.25) is 5.02 Å². The highest BCUT2D eigenvalue weighted by molar-refractivity contribution is 6.31. The molecule has 116 valence electrons. The van der Waals surface area contributed by atoms with Gasteiger partial charge in [0.05, 0.1) is 11.4 Å². The van der Waals surface area contributed by atoms with Crippen LogP contribution in [-0.2, 0) is 0 Å². The summed E-state index contributed by atoms with van der Waals surface area (Å²) < 4.78 is 0. The van der Waals surface area contributed by atoms with Gasteiger partial charge in [0, 0.05) is 22.7 Å². The molecule has 1 atom stereocenters. The predicted molar refractivity (Wildman–Crippen MR) is 94.1 cm³/mol. The van der Waals surface area contributed by atoms with E-state index >= 15 is 0 Å². The number of rotatable bonds is 4. The number of halogens is 1. The summed E-state index contributed by atoms with van der Waals surface area (Å²) in [4.78, 5) is 4.91. The third-order valence-corrected chi connectivity index (χ3v) is 4.01. The molecule has 2 rings (SSSR count). The fraction of sp³-hybridized carbons (Fsp3) is 0.611. The Morgan fingerprint density at radius 1 is 1.24 bits per heavy atom. The van der Waals surface area contributed by atoms with E-state index in [4.69, 9.17) is 16.6 Å². The average molecular weight is 307 g/mol. The zero-order valence-electron chi connectivity index (χ0n) is 13.8. The van der Waals surface area contributed by atoms with E-state index in [1.165, 1.54) is 5.71 Å². The third kappa shape index (κ3) is 4.47. The lowest BCUT2D eigenvalue weighted by Crippen LogP contribution is -2.38. The molecule has 0 fully saturated rings. The van der Waals surface area contributed by atoms with Gasteiger partial charge in [0.1, 0.15) is 0 Å². The van der Waals surface area contributed by atoms with Crippen LogP contribution in [0.15, 0.2) is 23.2 Å². The van der Waals surface area contributed by atoms with E-state index in [0.29, 0.717) is 11.8 Å². The molecule has 0 saturated carbocycles. The molecule has 0 saturated heterocycles. The quantitative estimate of drug-likeness (QED) is 0.716. The van der Waals surface area contributed by atoms with E-state index < -0.39 is 0 Å². The molecule has 3 heteroatoms. The number of hydrogen-bond donors (Lipinski definition) is 1. The number of aliphatic imine (C=N–C) groups is 1. The summed E-state index contributed by atoms with van der Waals surface area (Å²) in [5.74, 6) is 1.27. The smallest absolute Gasteiger partial charge is 0.0875 e. The van der Waals surface area contributed by atoms with Crippen molar-refractivity contribution < 1.29 is 0 Å². The third-order valence-electron chi connectivity index (χ3n) is 3.77. The van der Waals surface area contributed by atoms with Gasteiger partial charge >= 0.3 is 0 Å². The molecule has 2 nitrogen and oxygen atoms in total. The highest BCUT2D eigenvalue weighted by atomic mass is 35.5. The van der Waals surface area contributed by atoms with Gasteiger partial charge in [-0.3, -0.25) is 4.99 Å². The summed E-state index contributed by atoms with van der Waals surface area (Å²) in [5, 5.41) is 4.47. The van der Waals surface area contributed by atoms with Crippen LogP contribution in [-0.4, -0.2) is 11.3 Å². The van der Waals surface area contributed by atoms with Crippen molar-refractivity contribution in [1.82, 2.24) is 0 Å². The normalized spacial score (nSPS) is 21.8. The summed E-state index contributed by atoms with van der Waals surface area (Å²) in [6.07, 6.45) is 3.17. The first-order valence-corrected chi connectivity index (χ1v) is 8.29. The van der Waals surface area contributed by atoms with Crippen molar-refractivity contribution in [3.05, 3.63) is 23.2 Å². The van der Waals surface area contributed by atoms with Gasteiger partial charge in [0.2, 0.25) is 0 Å². The molecular weight excluding hydrogens is 280 g/mol. The largest absolute Gasteiger partial charge is 0.378 e. The summed E-state index contributed by atoms with van der Waals surface area (Å²) in [6.45, 7) is 11.4. The van der Waals surface area contributed by atoms with Crippen molar-refractivity contribution in [2.45, 2.75) is 59.4 Å². The van der Waals surface area contributed by atoms with Gasteiger partial charge in [0.15, 0.2) is 0 Å². The van der Waals surface area contributed by atoms with Crippen LogP contribution in [0.4, 0.5) is 11.4 Å². The molecule has 0 aliphatic carbocycles. The molecular formula is C18H27ClN2. The van der Waals surface area contributed by atoms with Gasteiger partial charge in [-0.15, -0.1) is 0 Å². The standard InChI is InChI=1S/C18H27ClN2/c1-12(2)8-15-11-18(5,10-13(3)4)21-16-7-6-14(19)9-17(16)20-15/h6-7,9,12-13,21H,8,10-11H2,1-5H3. The van der Waals surface area contributed by atoms with Gasteiger partial charge in [-0.25, -0.2) is 0 Å². The predicted octanol–water partition coefficient (Wildman–Crippen LogP) is 6.08. The summed E-state index contributed by atoms with van der Waals surface area (Å²) in [7, 11) is 0. The lowest BCUT2D eigenvalue weighted by atomic mass is 9.84. The van der Waals surface area contributed by atoms with Crippen molar-refractivity contribution in [1.29, 1.82) is 0 Å². The summed E-state index contributed by atoms with van der Waals surface area (Å²) in [5.41, 5.74) is 3.41. The van der Waals surface area contributed by atoms with Crippen molar-refractivity contribution in [2.24, 2.45) is 16.8 Å². The van der Waals surface area contributed by atoms with E-state index in [-0.39, 0.29) is 5.54 Å². The Labute approximate surface area is 134 Å². The second-order valence-electron chi connectivity index (χ2n) is 7.40. The molecule has 0 bridgehead atoms. The second-order valence-corrected chi connectivity index (χ2v) is 7.83. The zero-order valence-corrected chi connectivity index (χ0v) is 14.6. The van der Waals surface area contributed by atoms with Crippen molar-refractivity contribution in [3.8, 4) is 0 Å². The second kappa shape index (κ2) is 6.39. The number of nitrogens with zero attached hydrogens (tertiary/aromatic N) is 1. The van der Waals surface area contributed by atoms with Gasteiger partial charge < -0.3 is 5.32 Å². The van der Waals surface area contributed by atoms with Crippen LogP contribution >= 0.6 is 11.6 Å². The number of anilines is 1. The fourth-order valence-corrected chi connectivity index (χ4v) is 3.51. The Kier molecular flexibility index (Phi) is 4.98. The molecule has 0 amide bonds. The van der Waals surface area contributed by atoms with Crippen LogP contribution in [0.25, 0.3) is 0 Å². The van der Waals surface area contributed by atoms with Gasteiger partial charge in [-0.05, 0) is 49.8 Å². The summed E-state index contributed by atoms with van der Waals surface area (Å²) in [6, 6.07) is 5.95. The molecule has 1 heterocycles. The molecule has 0 aromatic heterocycles. The van der Waals surface area contributed by atoms with E-state index in [2.05, 4.69) is 46.0 Å². The first-order chi connectivity index (χ1) is 9.77. The summed E-state index contributed by atoms with van der Waals surface area (Å²) >= 11 is 6.14. The number of fused-ring (bicyclic) bond motifs is 1. The number of nitrogens with one attached hydrogen (secondary N) is 1. The van der Waals surface area contributed by atoms with Crippen LogP contribution in [0.5, 0.6) is 0 Å². The monoisotopic (exact) mass is 306 g/mol. The maximum absolute atomic E-state index is 6.14. The molecule has 1 aliphatic rings. The first kappa shape index (κ1) is 16.4. The Morgan fingerprint density at radius 3 is 2.57 bits per heavy atom. The van der Waals surface area contributed by atoms with Crippen LogP contribution in [0.1, 0.15) is 53.9 Å². The highest BCUT2D eigenvalue weighted by Crippen LogP contribution is 2.38. The SMILES string of the molecule is CC(C)CC1=Nc2cc(Cl)ccc2NC(C)(CC(C)C)C1. The molecule has 21 heavy (non-hydrogen) atoms. The van der Waals surface area contributed by atoms with E-state index in [1.807, 2.05) is 12.1 Å². The molecule has 1 unspecified atom stereocenters. The molecule has 1 aliphatic heterocycles. The van der Waals surface area contributed by atoms with Crippen LogP contribution in [0, 0.1) is 11.8 Å². The molecule has 1 aromatic carbocycles. The molecule has 0 spiro atoms. The Bertz CT molecular complexity index is 534. The van der Waals surface area contributed by atoms with E-state index in [9.17, 15) is 0 Å². The minimum atomic E-state index is 0.0565.